The van der Waals surface area contributed by atoms with E-state index in [1.54, 1.807) is 36.4 Å². The van der Waals surface area contributed by atoms with Gasteiger partial charge >= 0.3 is 5.97 Å². The largest absolute Gasteiger partial charge is 0.481 e. The van der Waals surface area contributed by atoms with Crippen LogP contribution >= 0.6 is 15.9 Å². The molecule has 2 N–H and O–H groups in total. The van der Waals surface area contributed by atoms with Crippen LogP contribution in [0.3, 0.4) is 0 Å². The number of benzene rings is 1. The molecule has 0 aliphatic carbocycles. The van der Waals surface area contributed by atoms with Crippen molar-refractivity contribution in [2.24, 2.45) is 0 Å². The van der Waals surface area contributed by atoms with Crippen molar-refractivity contribution >= 4 is 33.5 Å². The summed E-state index contributed by atoms with van der Waals surface area (Å²) in [6, 6.07) is 10.1. The van der Waals surface area contributed by atoms with Crippen LogP contribution in [0.25, 0.3) is 0 Å². The van der Waals surface area contributed by atoms with E-state index < -0.39 is 5.97 Å². The summed E-state index contributed by atoms with van der Waals surface area (Å²) in [5.41, 5.74) is 1.29. The number of hydrogen-bond donors (Lipinski definition) is 2. The van der Waals surface area contributed by atoms with E-state index in [0.717, 1.165) is 4.47 Å². The van der Waals surface area contributed by atoms with Gasteiger partial charge in [-0.05, 0) is 39.7 Å². The maximum atomic E-state index is 12.0. The predicted molar refractivity (Wildman–Crippen MR) is 77.7 cm³/mol. The average Bonchev–Trinajstić information content (AvgIpc) is 2.41. The number of halogens is 1. The Hall–Kier alpha value is -2.21. The number of nitrogens with one attached hydrogen (secondary N) is 1. The zero-order chi connectivity index (χ0) is 14.5. The second kappa shape index (κ2) is 6.29. The summed E-state index contributed by atoms with van der Waals surface area (Å²) in [6.45, 7) is 0. The van der Waals surface area contributed by atoms with E-state index in [9.17, 15) is 9.59 Å². The molecule has 0 spiro atoms. The summed E-state index contributed by atoms with van der Waals surface area (Å²) in [6.07, 6.45) is 1.38. The van der Waals surface area contributed by atoms with Crippen molar-refractivity contribution in [1.82, 2.24) is 4.98 Å². The van der Waals surface area contributed by atoms with Crippen molar-refractivity contribution < 1.29 is 14.7 Å². The number of anilines is 1. The van der Waals surface area contributed by atoms with E-state index in [-0.39, 0.29) is 18.0 Å². The Labute approximate surface area is 123 Å². The van der Waals surface area contributed by atoms with Gasteiger partial charge in [-0.3, -0.25) is 9.59 Å². The first kappa shape index (κ1) is 14.2. The highest BCUT2D eigenvalue weighted by atomic mass is 79.9. The van der Waals surface area contributed by atoms with Gasteiger partial charge in [-0.2, -0.15) is 0 Å². The molecule has 0 unspecified atom stereocenters. The monoisotopic (exact) mass is 334 g/mol. The van der Waals surface area contributed by atoms with E-state index >= 15 is 0 Å². The minimum Gasteiger partial charge on any atom is -0.481 e. The number of carboxylic acids is 1. The first-order valence-corrected chi connectivity index (χ1v) is 6.58. The quantitative estimate of drug-likeness (QED) is 0.900. The molecule has 2 rings (SSSR count). The average molecular weight is 335 g/mol. The van der Waals surface area contributed by atoms with Crippen LogP contribution in [-0.4, -0.2) is 22.0 Å². The van der Waals surface area contributed by atoms with Crippen molar-refractivity contribution in [2.75, 3.05) is 5.32 Å². The van der Waals surface area contributed by atoms with E-state index in [2.05, 4.69) is 26.2 Å². The maximum Gasteiger partial charge on any atom is 0.307 e. The molecular weight excluding hydrogens is 324 g/mol. The number of aliphatic carboxylic acids is 1. The molecule has 0 aliphatic rings. The molecule has 0 saturated carbocycles. The Bertz CT molecular complexity index is 641. The van der Waals surface area contributed by atoms with Gasteiger partial charge < -0.3 is 10.4 Å². The summed E-state index contributed by atoms with van der Waals surface area (Å²) in [5, 5.41) is 11.5. The normalized spacial score (nSPS) is 10.1. The van der Waals surface area contributed by atoms with Crippen molar-refractivity contribution in [2.45, 2.75) is 6.42 Å². The number of amides is 1. The Morgan fingerprint density at radius 3 is 2.60 bits per heavy atom. The smallest absolute Gasteiger partial charge is 0.307 e. The van der Waals surface area contributed by atoms with Crippen LogP contribution in [0.2, 0.25) is 0 Å². The van der Waals surface area contributed by atoms with Gasteiger partial charge in [-0.1, -0.05) is 18.2 Å². The van der Waals surface area contributed by atoms with Gasteiger partial charge in [-0.25, -0.2) is 4.98 Å². The molecule has 20 heavy (non-hydrogen) atoms. The van der Waals surface area contributed by atoms with Crippen molar-refractivity contribution in [3.05, 3.63) is 58.3 Å². The highest BCUT2D eigenvalue weighted by Crippen LogP contribution is 2.17. The molecule has 1 amide bonds. The number of pyridine rings is 1. The predicted octanol–water partition coefficient (Wildman–Crippen LogP) is 2.72. The molecule has 0 radical (unpaired) electrons. The topological polar surface area (TPSA) is 79.3 Å². The zero-order valence-corrected chi connectivity index (χ0v) is 11.9. The van der Waals surface area contributed by atoms with Crippen molar-refractivity contribution in [3.63, 3.8) is 0 Å². The third kappa shape index (κ3) is 3.64. The summed E-state index contributed by atoms with van der Waals surface area (Å²) in [5.74, 6) is -1.33. The van der Waals surface area contributed by atoms with Crippen molar-refractivity contribution in [1.29, 1.82) is 0 Å². The van der Waals surface area contributed by atoms with Crippen LogP contribution in [0.1, 0.15) is 16.1 Å². The second-order valence-electron chi connectivity index (χ2n) is 4.04. The van der Waals surface area contributed by atoms with E-state index in [4.69, 9.17) is 5.11 Å². The van der Waals surface area contributed by atoms with Gasteiger partial charge in [0.1, 0.15) is 5.69 Å². The fraction of sp³-hybridized carbons (Fsp3) is 0.0714. The highest BCUT2D eigenvalue weighted by molar-refractivity contribution is 9.10. The van der Waals surface area contributed by atoms with Gasteiger partial charge in [-0.15, -0.1) is 0 Å². The lowest BCUT2D eigenvalue weighted by Gasteiger charge is -2.09. The molecule has 0 saturated heterocycles. The van der Waals surface area contributed by atoms with Gasteiger partial charge in [0, 0.05) is 16.4 Å². The van der Waals surface area contributed by atoms with Gasteiger partial charge in [0.25, 0.3) is 5.91 Å². The SMILES string of the molecule is O=C(O)Cc1ccccc1NC(=O)c1ccc(Br)cn1. The van der Waals surface area contributed by atoms with Crippen LogP contribution < -0.4 is 5.32 Å². The number of carboxylic acid groups (broad SMARTS) is 1. The lowest BCUT2D eigenvalue weighted by Crippen LogP contribution is -2.15. The molecule has 0 aliphatic heterocycles. The van der Waals surface area contributed by atoms with E-state index in [1.165, 1.54) is 6.20 Å². The van der Waals surface area contributed by atoms with Crippen molar-refractivity contribution in [3.8, 4) is 0 Å². The second-order valence-corrected chi connectivity index (χ2v) is 4.96. The number of rotatable bonds is 4. The van der Waals surface area contributed by atoms with Crippen LogP contribution in [-0.2, 0) is 11.2 Å². The first-order chi connectivity index (χ1) is 9.56. The summed E-state index contributed by atoms with van der Waals surface area (Å²) in [7, 11) is 0. The van der Waals surface area contributed by atoms with Crippen LogP contribution in [0.15, 0.2) is 47.1 Å². The molecule has 2 aromatic rings. The van der Waals surface area contributed by atoms with Gasteiger partial charge in [0.2, 0.25) is 0 Å². The lowest BCUT2D eigenvalue weighted by molar-refractivity contribution is -0.136. The number of hydrogen-bond acceptors (Lipinski definition) is 3. The molecular formula is C14H11BrN2O3. The van der Waals surface area contributed by atoms with Gasteiger partial charge in [0.05, 0.1) is 6.42 Å². The molecule has 1 heterocycles. The van der Waals surface area contributed by atoms with E-state index in [0.29, 0.717) is 11.3 Å². The van der Waals surface area contributed by atoms with Crippen LogP contribution in [0, 0.1) is 0 Å². The Balaban J connectivity index is 2.19. The molecule has 0 fully saturated rings. The molecule has 6 heteroatoms. The molecule has 1 aromatic carbocycles. The Kier molecular flexibility index (Phi) is 4.47. The molecule has 5 nitrogen and oxygen atoms in total. The summed E-state index contributed by atoms with van der Waals surface area (Å²) in [4.78, 5) is 26.8. The first-order valence-electron chi connectivity index (χ1n) is 5.79. The third-order valence-electron chi connectivity index (χ3n) is 2.57. The number of nitrogens with zero attached hydrogens (tertiary/aromatic N) is 1. The molecule has 102 valence electrons. The highest BCUT2D eigenvalue weighted by Gasteiger charge is 2.11. The number of aromatic nitrogens is 1. The van der Waals surface area contributed by atoms with Crippen LogP contribution in [0.4, 0.5) is 5.69 Å². The zero-order valence-electron chi connectivity index (χ0n) is 10.3. The summed E-state index contributed by atoms with van der Waals surface area (Å²) >= 11 is 3.24. The molecule has 0 bridgehead atoms. The minimum absolute atomic E-state index is 0.149. The van der Waals surface area contributed by atoms with Gasteiger partial charge in [0.15, 0.2) is 0 Å². The van der Waals surface area contributed by atoms with Crippen LogP contribution in [0.5, 0.6) is 0 Å². The molecule has 1 aromatic heterocycles. The maximum absolute atomic E-state index is 12.0. The number of carbonyl (C=O) groups is 2. The standard InChI is InChI=1S/C14H11BrN2O3/c15-10-5-6-12(16-8-10)14(20)17-11-4-2-1-3-9(11)7-13(18)19/h1-6,8H,7H2,(H,17,20)(H,18,19). The fourth-order valence-corrected chi connectivity index (χ4v) is 1.89. The summed E-state index contributed by atoms with van der Waals surface area (Å²) < 4.78 is 0.778. The lowest BCUT2D eigenvalue weighted by atomic mass is 10.1. The number of para-hydroxylation sites is 1. The minimum atomic E-state index is -0.950. The fourth-order valence-electron chi connectivity index (χ4n) is 1.66. The Morgan fingerprint density at radius 2 is 1.95 bits per heavy atom. The number of carbonyl (C=O) groups excluding carboxylic acids is 1. The third-order valence-corrected chi connectivity index (χ3v) is 3.04. The van der Waals surface area contributed by atoms with E-state index in [1.807, 2.05) is 0 Å². The Morgan fingerprint density at radius 1 is 1.20 bits per heavy atom. The molecule has 0 atom stereocenters.